The normalized spacial score (nSPS) is 12.7. The SMILES string of the molecule is CCNC(C)CCc1ccc(O)c(F)c1. The Kier molecular flexibility index (Phi) is 4.56. The van der Waals surface area contributed by atoms with E-state index in [0.717, 1.165) is 24.9 Å². The maximum atomic E-state index is 13.0. The lowest BCUT2D eigenvalue weighted by molar-refractivity contribution is 0.431. The van der Waals surface area contributed by atoms with Crippen molar-refractivity contribution in [3.8, 4) is 5.75 Å². The van der Waals surface area contributed by atoms with Crippen LogP contribution in [0.5, 0.6) is 5.75 Å². The summed E-state index contributed by atoms with van der Waals surface area (Å²) in [6.45, 7) is 5.13. The molecular weight excluding hydrogens is 193 g/mol. The van der Waals surface area contributed by atoms with Crippen molar-refractivity contribution in [1.82, 2.24) is 5.32 Å². The van der Waals surface area contributed by atoms with Gasteiger partial charge in [-0.2, -0.15) is 0 Å². The molecule has 1 unspecified atom stereocenters. The minimum atomic E-state index is -0.538. The number of hydrogen-bond donors (Lipinski definition) is 2. The Morgan fingerprint density at radius 3 is 2.80 bits per heavy atom. The highest BCUT2D eigenvalue weighted by atomic mass is 19.1. The molecule has 1 rings (SSSR count). The highest BCUT2D eigenvalue weighted by Gasteiger charge is 2.04. The first kappa shape index (κ1) is 12.0. The molecule has 1 aromatic carbocycles. The second-order valence-corrected chi connectivity index (χ2v) is 3.78. The zero-order valence-corrected chi connectivity index (χ0v) is 9.26. The topological polar surface area (TPSA) is 32.3 Å². The van der Waals surface area contributed by atoms with Gasteiger partial charge in [-0.3, -0.25) is 0 Å². The lowest BCUT2D eigenvalue weighted by atomic mass is 10.1. The summed E-state index contributed by atoms with van der Waals surface area (Å²) in [5, 5.41) is 12.3. The number of aromatic hydroxyl groups is 1. The highest BCUT2D eigenvalue weighted by molar-refractivity contribution is 5.28. The van der Waals surface area contributed by atoms with Gasteiger partial charge in [0, 0.05) is 6.04 Å². The highest BCUT2D eigenvalue weighted by Crippen LogP contribution is 2.17. The van der Waals surface area contributed by atoms with Crippen molar-refractivity contribution in [2.75, 3.05) is 6.54 Å². The molecule has 0 saturated carbocycles. The van der Waals surface area contributed by atoms with Gasteiger partial charge in [0.25, 0.3) is 0 Å². The van der Waals surface area contributed by atoms with Gasteiger partial charge in [-0.25, -0.2) is 4.39 Å². The van der Waals surface area contributed by atoms with Crippen molar-refractivity contribution in [1.29, 1.82) is 0 Å². The van der Waals surface area contributed by atoms with Gasteiger partial charge in [0.2, 0.25) is 0 Å². The zero-order chi connectivity index (χ0) is 11.3. The Balaban J connectivity index is 2.47. The van der Waals surface area contributed by atoms with Crippen molar-refractivity contribution >= 4 is 0 Å². The van der Waals surface area contributed by atoms with Crippen LogP contribution in [0.25, 0.3) is 0 Å². The minimum Gasteiger partial charge on any atom is -0.505 e. The molecule has 0 fully saturated rings. The van der Waals surface area contributed by atoms with E-state index in [1.54, 1.807) is 6.07 Å². The molecule has 0 saturated heterocycles. The second-order valence-electron chi connectivity index (χ2n) is 3.78. The first-order valence-electron chi connectivity index (χ1n) is 5.34. The predicted molar refractivity (Wildman–Crippen MR) is 59.5 cm³/mol. The van der Waals surface area contributed by atoms with Gasteiger partial charge in [-0.1, -0.05) is 13.0 Å². The van der Waals surface area contributed by atoms with Gasteiger partial charge in [0.15, 0.2) is 11.6 Å². The summed E-state index contributed by atoms with van der Waals surface area (Å²) in [4.78, 5) is 0. The Morgan fingerprint density at radius 1 is 1.47 bits per heavy atom. The monoisotopic (exact) mass is 211 g/mol. The van der Waals surface area contributed by atoms with Crippen molar-refractivity contribution in [2.45, 2.75) is 32.7 Å². The Morgan fingerprint density at radius 2 is 2.20 bits per heavy atom. The van der Waals surface area contributed by atoms with Crippen molar-refractivity contribution in [3.63, 3.8) is 0 Å². The van der Waals surface area contributed by atoms with Crippen LogP contribution in [0.4, 0.5) is 4.39 Å². The lowest BCUT2D eigenvalue weighted by Crippen LogP contribution is -2.25. The summed E-state index contributed by atoms with van der Waals surface area (Å²) in [6.07, 6.45) is 1.80. The van der Waals surface area contributed by atoms with Gasteiger partial charge in [-0.05, 0) is 44.0 Å². The van der Waals surface area contributed by atoms with E-state index in [4.69, 9.17) is 5.11 Å². The molecule has 15 heavy (non-hydrogen) atoms. The van der Waals surface area contributed by atoms with E-state index in [2.05, 4.69) is 19.2 Å². The molecule has 0 spiro atoms. The van der Waals surface area contributed by atoms with E-state index in [9.17, 15) is 4.39 Å². The van der Waals surface area contributed by atoms with Crippen LogP contribution in [-0.2, 0) is 6.42 Å². The summed E-state index contributed by atoms with van der Waals surface area (Å²) in [5.41, 5.74) is 0.926. The third kappa shape index (κ3) is 3.88. The van der Waals surface area contributed by atoms with Crippen molar-refractivity contribution < 1.29 is 9.50 Å². The molecule has 0 aliphatic rings. The van der Waals surface area contributed by atoms with Gasteiger partial charge >= 0.3 is 0 Å². The quantitative estimate of drug-likeness (QED) is 0.784. The summed E-state index contributed by atoms with van der Waals surface area (Å²) in [7, 11) is 0. The summed E-state index contributed by atoms with van der Waals surface area (Å²) in [6, 6.07) is 5.00. The Labute approximate surface area is 90.1 Å². The van der Waals surface area contributed by atoms with E-state index >= 15 is 0 Å². The molecule has 0 aliphatic carbocycles. The maximum absolute atomic E-state index is 13.0. The third-order valence-corrected chi connectivity index (χ3v) is 2.43. The summed E-state index contributed by atoms with van der Waals surface area (Å²) >= 11 is 0. The molecule has 0 bridgehead atoms. The fraction of sp³-hybridized carbons (Fsp3) is 0.500. The molecule has 84 valence electrons. The van der Waals surface area contributed by atoms with E-state index in [1.807, 2.05) is 0 Å². The molecule has 3 heteroatoms. The molecule has 0 aliphatic heterocycles. The molecule has 1 aromatic rings. The van der Waals surface area contributed by atoms with Crippen molar-refractivity contribution in [2.24, 2.45) is 0 Å². The van der Waals surface area contributed by atoms with Crippen LogP contribution < -0.4 is 5.32 Å². The van der Waals surface area contributed by atoms with E-state index < -0.39 is 5.82 Å². The number of aryl methyl sites for hydroxylation is 1. The molecule has 2 nitrogen and oxygen atoms in total. The number of nitrogens with one attached hydrogen (secondary N) is 1. The largest absolute Gasteiger partial charge is 0.505 e. The number of phenols is 1. The van der Waals surface area contributed by atoms with Crippen LogP contribution in [0.3, 0.4) is 0 Å². The molecule has 0 amide bonds. The Hall–Kier alpha value is -1.09. The molecule has 0 heterocycles. The lowest BCUT2D eigenvalue weighted by Gasteiger charge is -2.11. The van der Waals surface area contributed by atoms with Crippen molar-refractivity contribution in [3.05, 3.63) is 29.6 Å². The van der Waals surface area contributed by atoms with Gasteiger partial charge in [0.1, 0.15) is 0 Å². The van der Waals surface area contributed by atoms with Gasteiger partial charge in [0.05, 0.1) is 0 Å². The first-order valence-corrected chi connectivity index (χ1v) is 5.34. The summed E-state index contributed by atoms with van der Waals surface area (Å²) < 4.78 is 13.0. The third-order valence-electron chi connectivity index (χ3n) is 2.43. The van der Waals surface area contributed by atoms with E-state index in [1.165, 1.54) is 12.1 Å². The average Bonchev–Trinajstić information content (AvgIpc) is 2.20. The van der Waals surface area contributed by atoms with Crippen LogP contribution >= 0.6 is 0 Å². The smallest absolute Gasteiger partial charge is 0.165 e. The second kappa shape index (κ2) is 5.71. The summed E-state index contributed by atoms with van der Waals surface area (Å²) in [5.74, 6) is -0.818. The molecule has 0 aromatic heterocycles. The van der Waals surface area contributed by atoms with Crippen LogP contribution in [0.15, 0.2) is 18.2 Å². The minimum absolute atomic E-state index is 0.279. The first-order chi connectivity index (χ1) is 7.13. The van der Waals surface area contributed by atoms with Gasteiger partial charge in [-0.15, -0.1) is 0 Å². The van der Waals surface area contributed by atoms with Crippen LogP contribution in [0, 0.1) is 5.82 Å². The maximum Gasteiger partial charge on any atom is 0.165 e. The fourth-order valence-electron chi connectivity index (χ4n) is 1.54. The van der Waals surface area contributed by atoms with Crippen LogP contribution in [0.2, 0.25) is 0 Å². The number of rotatable bonds is 5. The van der Waals surface area contributed by atoms with Crippen LogP contribution in [-0.4, -0.2) is 17.7 Å². The number of halogens is 1. The number of benzene rings is 1. The molecule has 0 radical (unpaired) electrons. The number of phenolic OH excluding ortho intramolecular Hbond substituents is 1. The molecular formula is C12H18FNO. The zero-order valence-electron chi connectivity index (χ0n) is 9.26. The molecule has 2 N–H and O–H groups in total. The Bertz CT molecular complexity index is 314. The fourth-order valence-corrected chi connectivity index (χ4v) is 1.54. The van der Waals surface area contributed by atoms with Crippen LogP contribution in [0.1, 0.15) is 25.8 Å². The average molecular weight is 211 g/mol. The standard InChI is InChI=1S/C12H18FNO/c1-3-14-9(2)4-5-10-6-7-12(15)11(13)8-10/h6-9,14-15H,3-5H2,1-2H3. The number of hydrogen-bond acceptors (Lipinski definition) is 2. The molecule has 1 atom stereocenters. The van der Waals surface area contributed by atoms with E-state index in [-0.39, 0.29) is 5.75 Å². The van der Waals surface area contributed by atoms with Gasteiger partial charge < -0.3 is 10.4 Å². The predicted octanol–water partition coefficient (Wildman–Crippen LogP) is 2.46. The van der Waals surface area contributed by atoms with E-state index in [0.29, 0.717) is 6.04 Å².